The van der Waals surface area contributed by atoms with Crippen LogP contribution in [0.3, 0.4) is 0 Å². The van der Waals surface area contributed by atoms with Crippen molar-refractivity contribution < 1.29 is 0 Å². The van der Waals surface area contributed by atoms with Crippen LogP contribution >= 0.6 is 0 Å². The Hall–Kier alpha value is -0.780. The van der Waals surface area contributed by atoms with Gasteiger partial charge in [-0.05, 0) is 24.5 Å². The Bertz CT molecular complexity index is 189. The summed E-state index contributed by atoms with van der Waals surface area (Å²) in [5, 5.41) is 0. The maximum Gasteiger partial charge on any atom is -0.0121 e. The summed E-state index contributed by atoms with van der Waals surface area (Å²) in [7, 11) is 0. The van der Waals surface area contributed by atoms with Crippen molar-refractivity contribution in [3.8, 4) is 0 Å². The molecule has 0 aliphatic carbocycles. The largest absolute Gasteiger partial charge is 0.0620 e. The molecule has 0 amide bonds. The summed E-state index contributed by atoms with van der Waals surface area (Å²) in [5.74, 6) is 0. The Balaban J connectivity index is 3.01. The first kappa shape index (κ1) is 6.34. The third-order valence-electron chi connectivity index (χ3n) is 1.50. The van der Waals surface area contributed by atoms with E-state index in [9.17, 15) is 0 Å². The summed E-state index contributed by atoms with van der Waals surface area (Å²) in [4.78, 5) is 0. The first-order valence-electron chi connectivity index (χ1n) is 3.19. The lowest BCUT2D eigenvalue weighted by molar-refractivity contribution is 1.33. The average molecular weight is 119 g/mol. The van der Waals surface area contributed by atoms with Crippen LogP contribution in [0.2, 0.25) is 0 Å². The van der Waals surface area contributed by atoms with Crippen LogP contribution < -0.4 is 0 Å². The molecule has 0 saturated carbocycles. The molecule has 1 radical (unpaired) electrons. The highest BCUT2D eigenvalue weighted by Gasteiger charge is 1.89. The third kappa shape index (κ3) is 1.32. The van der Waals surface area contributed by atoms with Gasteiger partial charge in [-0.3, -0.25) is 0 Å². The van der Waals surface area contributed by atoms with E-state index < -0.39 is 0 Å². The fourth-order valence-electron chi connectivity index (χ4n) is 0.911. The summed E-state index contributed by atoms with van der Waals surface area (Å²) < 4.78 is 0. The lowest BCUT2D eigenvalue weighted by Gasteiger charge is -1.98. The monoisotopic (exact) mass is 119 g/mol. The molecule has 0 unspecified atom stereocenters. The molecule has 0 bridgehead atoms. The molecular formula is C9H11. The van der Waals surface area contributed by atoms with Crippen molar-refractivity contribution in [2.75, 3.05) is 0 Å². The molecule has 0 saturated heterocycles. The van der Waals surface area contributed by atoms with Crippen molar-refractivity contribution in [2.24, 2.45) is 0 Å². The molecule has 0 fully saturated rings. The molecule has 0 aliphatic rings. The van der Waals surface area contributed by atoms with Gasteiger partial charge in [-0.25, -0.2) is 0 Å². The normalized spacial score (nSPS) is 9.56. The zero-order valence-electron chi connectivity index (χ0n) is 5.89. The number of rotatable bonds is 1. The maximum atomic E-state index is 2.12. The Kier molecular flexibility index (Phi) is 1.88. The van der Waals surface area contributed by atoms with Gasteiger partial charge in [-0.1, -0.05) is 31.2 Å². The van der Waals surface area contributed by atoms with Gasteiger partial charge < -0.3 is 0 Å². The minimum absolute atomic E-state index is 1.33. The van der Waals surface area contributed by atoms with Gasteiger partial charge in [0.05, 0.1) is 0 Å². The van der Waals surface area contributed by atoms with Crippen molar-refractivity contribution in [2.45, 2.75) is 13.8 Å². The molecule has 0 heteroatoms. The molecule has 0 N–H and O–H groups in total. The highest BCUT2D eigenvalue weighted by Crippen LogP contribution is 2.07. The van der Waals surface area contributed by atoms with Crippen LogP contribution in [0.15, 0.2) is 24.3 Å². The van der Waals surface area contributed by atoms with E-state index in [4.69, 9.17) is 0 Å². The van der Waals surface area contributed by atoms with Gasteiger partial charge in [0.1, 0.15) is 0 Å². The van der Waals surface area contributed by atoms with E-state index in [1.165, 1.54) is 11.1 Å². The van der Waals surface area contributed by atoms with E-state index >= 15 is 0 Å². The maximum absolute atomic E-state index is 2.12. The number of benzene rings is 1. The molecule has 0 aliphatic heterocycles. The van der Waals surface area contributed by atoms with Gasteiger partial charge in [-0.2, -0.15) is 0 Å². The van der Waals surface area contributed by atoms with Crippen LogP contribution in [0.25, 0.3) is 0 Å². The zero-order valence-corrected chi connectivity index (χ0v) is 5.89. The van der Waals surface area contributed by atoms with Crippen LogP contribution in [0.1, 0.15) is 18.1 Å². The van der Waals surface area contributed by atoms with Gasteiger partial charge in [0.2, 0.25) is 0 Å². The molecule has 0 nitrogen and oxygen atoms in total. The van der Waals surface area contributed by atoms with Crippen molar-refractivity contribution in [1.29, 1.82) is 0 Å². The Morgan fingerprint density at radius 1 is 1.22 bits per heavy atom. The molecule has 9 heavy (non-hydrogen) atoms. The van der Waals surface area contributed by atoms with Gasteiger partial charge in [-0.15, -0.1) is 0 Å². The fraction of sp³-hybridized carbons (Fsp3) is 0.222. The Morgan fingerprint density at radius 3 is 2.33 bits per heavy atom. The summed E-state index contributed by atoms with van der Waals surface area (Å²) in [5.41, 5.74) is 2.68. The van der Waals surface area contributed by atoms with E-state index in [0.717, 1.165) is 0 Å². The van der Waals surface area contributed by atoms with Crippen LogP contribution in [0, 0.1) is 13.3 Å². The number of hydrogen-bond donors (Lipinski definition) is 0. The van der Waals surface area contributed by atoms with Crippen LogP contribution in [-0.4, -0.2) is 0 Å². The predicted molar refractivity (Wildman–Crippen MR) is 40.3 cm³/mol. The van der Waals surface area contributed by atoms with Gasteiger partial charge in [0.25, 0.3) is 0 Å². The second-order valence-corrected chi connectivity index (χ2v) is 2.15. The summed E-state index contributed by atoms with van der Waals surface area (Å²) >= 11 is 0. The van der Waals surface area contributed by atoms with Crippen LogP contribution in [0.5, 0.6) is 0 Å². The topological polar surface area (TPSA) is 0 Å². The van der Waals surface area contributed by atoms with E-state index in [1.54, 1.807) is 0 Å². The number of aryl methyl sites for hydroxylation is 1. The molecule has 0 aromatic heterocycles. The molecule has 0 heterocycles. The predicted octanol–water partition coefficient (Wildman–Crippen LogP) is 2.57. The number of hydrogen-bond acceptors (Lipinski definition) is 0. The van der Waals surface area contributed by atoms with Gasteiger partial charge >= 0.3 is 0 Å². The van der Waals surface area contributed by atoms with Crippen LogP contribution in [0.4, 0.5) is 0 Å². The summed E-state index contributed by atoms with van der Waals surface area (Å²) in [6.45, 7) is 4.18. The SMILES string of the molecule is C[CH]c1ccccc1C. The highest BCUT2D eigenvalue weighted by molar-refractivity contribution is 5.30. The minimum Gasteiger partial charge on any atom is -0.0620 e. The quantitative estimate of drug-likeness (QED) is 0.533. The smallest absolute Gasteiger partial charge is 0.0121 e. The molecule has 0 spiro atoms. The van der Waals surface area contributed by atoms with Crippen LogP contribution in [-0.2, 0) is 0 Å². The average Bonchev–Trinajstić information content (AvgIpc) is 1.89. The van der Waals surface area contributed by atoms with Crippen molar-refractivity contribution >= 4 is 0 Å². The van der Waals surface area contributed by atoms with Crippen molar-refractivity contribution in [1.82, 2.24) is 0 Å². The van der Waals surface area contributed by atoms with Crippen molar-refractivity contribution in [3.63, 3.8) is 0 Å². The highest BCUT2D eigenvalue weighted by atomic mass is 13.9. The third-order valence-corrected chi connectivity index (χ3v) is 1.50. The fourth-order valence-corrected chi connectivity index (χ4v) is 0.911. The zero-order chi connectivity index (χ0) is 6.69. The molecule has 1 aromatic rings. The standard InChI is InChI=1S/C9H11/c1-3-9-7-5-4-6-8(9)2/h3-7H,1-2H3. The molecule has 47 valence electrons. The minimum atomic E-state index is 1.33. The van der Waals surface area contributed by atoms with E-state index in [0.29, 0.717) is 0 Å². The molecule has 1 aromatic carbocycles. The molecular weight excluding hydrogens is 108 g/mol. The Morgan fingerprint density at radius 2 is 1.89 bits per heavy atom. The second kappa shape index (κ2) is 2.67. The van der Waals surface area contributed by atoms with Gasteiger partial charge in [0, 0.05) is 0 Å². The Labute approximate surface area is 56.5 Å². The molecule has 1 rings (SSSR count). The summed E-state index contributed by atoms with van der Waals surface area (Å²) in [6, 6.07) is 8.36. The summed E-state index contributed by atoms with van der Waals surface area (Å²) in [6.07, 6.45) is 2.12. The first-order valence-corrected chi connectivity index (χ1v) is 3.19. The van der Waals surface area contributed by atoms with E-state index in [-0.39, 0.29) is 0 Å². The molecule has 0 atom stereocenters. The van der Waals surface area contributed by atoms with Crippen molar-refractivity contribution in [3.05, 3.63) is 41.8 Å². The van der Waals surface area contributed by atoms with Gasteiger partial charge in [0.15, 0.2) is 0 Å². The van der Waals surface area contributed by atoms with E-state index in [2.05, 4.69) is 44.5 Å². The lowest BCUT2D eigenvalue weighted by Crippen LogP contribution is -1.80. The first-order chi connectivity index (χ1) is 4.34. The van der Waals surface area contributed by atoms with E-state index in [1.807, 2.05) is 0 Å². The lowest BCUT2D eigenvalue weighted by atomic mass is 10.1. The second-order valence-electron chi connectivity index (χ2n) is 2.15.